The molecule has 9 aromatic rings. The molecule has 0 aliphatic heterocycles. The maximum Gasteiger partial charge on any atom is 0.170 e. The summed E-state index contributed by atoms with van der Waals surface area (Å²) in [7, 11) is 0. The standard InChI is InChI=1S/C60H46O6/c1-3-43-25-27-55-57(33-43)58-34-44(4-2)26-28-56(58)60(66-42-50-31-53(63-39-47-21-13-7-14-22-47)36-54(32-50)64-40-48-23-15-8-16-24-48)59(55)65-41-49-29-51(61-37-45-17-9-5-10-18-45)35-52(30-49)62-38-46-19-11-6-12-20-46/h1-2,5-36H,37-42H2. The molecule has 0 atom stereocenters. The molecule has 0 aliphatic carbocycles. The average Bonchev–Trinajstić information content (AvgIpc) is 3.38. The van der Waals surface area contributed by atoms with E-state index >= 15 is 0 Å². The molecule has 0 saturated carbocycles. The Morgan fingerprint density at radius 2 is 0.561 bits per heavy atom. The number of hydrogen-bond acceptors (Lipinski definition) is 6. The largest absolute Gasteiger partial charge is 0.489 e. The SMILES string of the molecule is C#Cc1ccc2c(OCc3cc(OCc4ccccc4)cc(OCc4ccccc4)c3)c(OCc3cc(OCc4ccccc4)cc(OCc4ccccc4)c3)c3ccc(C#C)cc3c2c1. The Morgan fingerprint density at radius 1 is 0.273 bits per heavy atom. The average molecular weight is 863 g/mol. The van der Waals surface area contributed by atoms with Crippen LogP contribution in [0.4, 0.5) is 0 Å². The van der Waals surface area contributed by atoms with Gasteiger partial charge in [0.05, 0.1) is 0 Å². The Hall–Kier alpha value is -8.58. The van der Waals surface area contributed by atoms with Crippen LogP contribution >= 0.6 is 0 Å². The summed E-state index contributed by atoms with van der Waals surface area (Å²) < 4.78 is 39.3. The first kappa shape index (κ1) is 42.7. The van der Waals surface area contributed by atoms with Crippen LogP contribution in [0.2, 0.25) is 0 Å². The monoisotopic (exact) mass is 862 g/mol. The Bertz CT molecular complexity index is 2810. The molecule has 0 fully saturated rings. The van der Waals surface area contributed by atoms with Crippen molar-refractivity contribution in [2.75, 3.05) is 0 Å². The van der Waals surface area contributed by atoms with E-state index in [-0.39, 0.29) is 13.2 Å². The molecule has 322 valence electrons. The van der Waals surface area contributed by atoms with E-state index in [4.69, 9.17) is 41.3 Å². The fourth-order valence-electron chi connectivity index (χ4n) is 7.68. The molecule has 0 heterocycles. The van der Waals surface area contributed by atoms with E-state index in [9.17, 15) is 0 Å². The smallest absolute Gasteiger partial charge is 0.170 e. The van der Waals surface area contributed by atoms with Gasteiger partial charge in [0, 0.05) is 34.0 Å². The van der Waals surface area contributed by atoms with Crippen LogP contribution in [0.5, 0.6) is 34.5 Å². The van der Waals surface area contributed by atoms with Gasteiger partial charge in [-0.25, -0.2) is 0 Å². The highest BCUT2D eigenvalue weighted by Gasteiger charge is 2.20. The van der Waals surface area contributed by atoms with E-state index in [1.165, 1.54) is 0 Å². The van der Waals surface area contributed by atoms with Crippen LogP contribution < -0.4 is 28.4 Å². The lowest BCUT2D eigenvalue weighted by atomic mass is 9.96. The first-order valence-electron chi connectivity index (χ1n) is 21.7. The molecule has 0 unspecified atom stereocenters. The molecular weight excluding hydrogens is 817 g/mol. The number of ether oxygens (including phenoxy) is 6. The molecule has 0 radical (unpaired) electrons. The van der Waals surface area contributed by atoms with Crippen molar-refractivity contribution in [3.05, 3.63) is 239 Å². The minimum Gasteiger partial charge on any atom is -0.489 e. The summed E-state index contributed by atoms with van der Waals surface area (Å²) in [6.07, 6.45) is 11.9. The lowest BCUT2D eigenvalue weighted by Gasteiger charge is -2.20. The minimum absolute atomic E-state index is 0.167. The summed E-state index contributed by atoms with van der Waals surface area (Å²) in [6, 6.07) is 63.8. The highest BCUT2D eigenvalue weighted by molar-refractivity contribution is 6.14. The van der Waals surface area contributed by atoms with Crippen molar-refractivity contribution in [3.8, 4) is 59.2 Å². The van der Waals surface area contributed by atoms with Gasteiger partial charge in [-0.2, -0.15) is 0 Å². The molecule has 0 aliphatic rings. The minimum atomic E-state index is 0.167. The van der Waals surface area contributed by atoms with E-state index in [1.807, 2.05) is 194 Å². The maximum atomic E-state index is 6.94. The van der Waals surface area contributed by atoms with Crippen LogP contribution in [0.3, 0.4) is 0 Å². The van der Waals surface area contributed by atoms with Gasteiger partial charge in [-0.15, -0.1) is 12.8 Å². The lowest BCUT2D eigenvalue weighted by molar-refractivity contribution is 0.256. The van der Waals surface area contributed by atoms with Crippen LogP contribution in [0.25, 0.3) is 21.5 Å². The molecule has 0 spiro atoms. The van der Waals surface area contributed by atoms with Gasteiger partial charge in [-0.3, -0.25) is 0 Å². The number of benzene rings is 9. The Labute approximate surface area is 385 Å². The highest BCUT2D eigenvalue weighted by Crippen LogP contribution is 2.45. The predicted octanol–water partition coefficient (Wildman–Crippen LogP) is 13.4. The molecule has 9 aromatic carbocycles. The van der Waals surface area contributed by atoms with Crippen LogP contribution in [-0.2, 0) is 39.6 Å². The van der Waals surface area contributed by atoms with Gasteiger partial charge in [0.2, 0.25) is 0 Å². The molecular formula is C60H46O6. The third-order valence-corrected chi connectivity index (χ3v) is 11.0. The second-order valence-electron chi connectivity index (χ2n) is 15.8. The molecule has 0 saturated heterocycles. The van der Waals surface area contributed by atoms with Gasteiger partial charge < -0.3 is 28.4 Å². The van der Waals surface area contributed by atoms with Gasteiger partial charge in [-0.1, -0.05) is 133 Å². The summed E-state index contributed by atoms with van der Waals surface area (Å²) >= 11 is 0. The third kappa shape index (κ3) is 10.8. The molecule has 6 nitrogen and oxygen atoms in total. The van der Waals surface area contributed by atoms with E-state index in [2.05, 4.69) is 11.8 Å². The van der Waals surface area contributed by atoms with Gasteiger partial charge in [0.1, 0.15) is 62.6 Å². The molecule has 0 bridgehead atoms. The summed E-state index contributed by atoms with van der Waals surface area (Å²) in [6.45, 7) is 1.91. The van der Waals surface area contributed by atoms with Gasteiger partial charge in [0.25, 0.3) is 0 Å². The fraction of sp³-hybridized carbons (Fsp3) is 0.100. The topological polar surface area (TPSA) is 55.4 Å². The number of terminal acetylenes is 2. The number of fused-ring (bicyclic) bond motifs is 3. The fourth-order valence-corrected chi connectivity index (χ4v) is 7.68. The summed E-state index contributed by atoms with van der Waals surface area (Å²) in [5.74, 6) is 9.32. The van der Waals surface area contributed by atoms with E-state index < -0.39 is 0 Å². The van der Waals surface area contributed by atoms with E-state index in [1.54, 1.807) is 0 Å². The zero-order valence-corrected chi connectivity index (χ0v) is 36.3. The Balaban J connectivity index is 1.07. The number of rotatable bonds is 18. The lowest BCUT2D eigenvalue weighted by Crippen LogP contribution is -2.05. The molecule has 0 N–H and O–H groups in total. The van der Waals surface area contributed by atoms with E-state index in [0.29, 0.717) is 60.9 Å². The second kappa shape index (κ2) is 20.7. The second-order valence-corrected chi connectivity index (χ2v) is 15.8. The number of hydrogen-bond donors (Lipinski definition) is 0. The van der Waals surface area contributed by atoms with Crippen molar-refractivity contribution in [2.45, 2.75) is 39.6 Å². The van der Waals surface area contributed by atoms with E-state index in [0.717, 1.165) is 66.1 Å². The van der Waals surface area contributed by atoms with Crippen molar-refractivity contribution in [1.82, 2.24) is 0 Å². The summed E-state index contributed by atoms with van der Waals surface area (Å²) in [4.78, 5) is 0. The predicted molar refractivity (Wildman–Crippen MR) is 262 cm³/mol. The molecule has 0 aromatic heterocycles. The summed E-state index contributed by atoms with van der Waals surface area (Å²) in [5.41, 5.74) is 7.36. The molecule has 9 rings (SSSR count). The van der Waals surface area contributed by atoms with Crippen LogP contribution in [-0.4, -0.2) is 0 Å². The van der Waals surface area contributed by atoms with Gasteiger partial charge in [0.15, 0.2) is 11.5 Å². The van der Waals surface area contributed by atoms with Gasteiger partial charge in [-0.05, 0) is 105 Å². The van der Waals surface area contributed by atoms with Crippen LogP contribution in [0, 0.1) is 24.7 Å². The summed E-state index contributed by atoms with van der Waals surface area (Å²) in [5, 5.41) is 3.41. The maximum absolute atomic E-state index is 6.94. The van der Waals surface area contributed by atoms with Crippen molar-refractivity contribution in [3.63, 3.8) is 0 Å². The van der Waals surface area contributed by atoms with Crippen molar-refractivity contribution in [2.24, 2.45) is 0 Å². The quantitative estimate of drug-likeness (QED) is 0.0633. The zero-order valence-electron chi connectivity index (χ0n) is 36.3. The van der Waals surface area contributed by atoms with Crippen LogP contribution in [0.1, 0.15) is 44.5 Å². The first-order valence-corrected chi connectivity index (χ1v) is 21.7. The Kier molecular flexibility index (Phi) is 13.4. The Morgan fingerprint density at radius 3 is 0.848 bits per heavy atom. The molecule has 66 heavy (non-hydrogen) atoms. The first-order chi connectivity index (χ1) is 32.6. The van der Waals surface area contributed by atoms with Crippen LogP contribution in [0.15, 0.2) is 194 Å². The zero-order chi connectivity index (χ0) is 44.9. The van der Waals surface area contributed by atoms with Crippen molar-refractivity contribution >= 4 is 21.5 Å². The third-order valence-electron chi connectivity index (χ3n) is 11.0. The molecule has 0 amide bonds. The van der Waals surface area contributed by atoms with Gasteiger partial charge >= 0.3 is 0 Å². The van der Waals surface area contributed by atoms with Crippen molar-refractivity contribution < 1.29 is 28.4 Å². The molecule has 6 heteroatoms. The highest BCUT2D eigenvalue weighted by atomic mass is 16.5. The van der Waals surface area contributed by atoms with Crippen molar-refractivity contribution in [1.29, 1.82) is 0 Å². The normalized spacial score (nSPS) is 10.8.